The second kappa shape index (κ2) is 3.94. The maximum atomic E-state index is 3.87. The Morgan fingerprint density at radius 1 is 1.50 bits per heavy atom. The number of nitrogens with one attached hydrogen (secondary N) is 1. The zero-order chi connectivity index (χ0) is 7.40. The van der Waals surface area contributed by atoms with Crippen LogP contribution in [0.4, 0.5) is 0 Å². The lowest BCUT2D eigenvalue weighted by Crippen LogP contribution is -2.40. The first-order chi connectivity index (χ1) is 4.86. The Balaban J connectivity index is 2.17. The van der Waals surface area contributed by atoms with E-state index in [1.165, 1.54) is 25.9 Å². The highest BCUT2D eigenvalue weighted by molar-refractivity contribution is 4.75. The van der Waals surface area contributed by atoms with Crippen LogP contribution in [0.25, 0.3) is 0 Å². The smallest absolute Gasteiger partial charge is 0.00884 e. The average molecular weight is 141 g/mol. The molecule has 1 rings (SSSR count). The minimum Gasteiger partial charge on any atom is -0.317 e. The molecule has 0 amide bonds. The van der Waals surface area contributed by atoms with Crippen molar-refractivity contribution in [2.45, 2.75) is 18.9 Å². The minimum atomic E-state index is 0.753. The van der Waals surface area contributed by atoms with Crippen LogP contribution in [0.5, 0.6) is 0 Å². The Labute approximate surface area is 63.6 Å². The van der Waals surface area contributed by atoms with Crippen LogP contribution >= 0.6 is 0 Å². The SMILES string of the molecule is [CH2]CN1CCC(NC)CC1. The molecule has 1 saturated heterocycles. The lowest BCUT2D eigenvalue weighted by atomic mass is 10.1. The molecule has 1 radical (unpaired) electrons. The summed E-state index contributed by atoms with van der Waals surface area (Å²) < 4.78 is 0. The van der Waals surface area contributed by atoms with Gasteiger partial charge in [-0.05, 0) is 46.4 Å². The Bertz CT molecular complexity index is 73.3. The van der Waals surface area contributed by atoms with Crippen LogP contribution < -0.4 is 5.32 Å². The molecule has 59 valence electrons. The van der Waals surface area contributed by atoms with Crippen LogP contribution in [0.15, 0.2) is 0 Å². The van der Waals surface area contributed by atoms with E-state index in [-0.39, 0.29) is 0 Å². The summed E-state index contributed by atoms with van der Waals surface area (Å²) in [5, 5.41) is 3.30. The normalized spacial score (nSPS) is 23.4. The molecule has 10 heavy (non-hydrogen) atoms. The average Bonchev–Trinajstić information content (AvgIpc) is 2.05. The summed E-state index contributed by atoms with van der Waals surface area (Å²) in [7, 11) is 2.05. The molecule has 2 heteroatoms. The van der Waals surface area contributed by atoms with E-state index in [0.717, 1.165) is 12.6 Å². The van der Waals surface area contributed by atoms with Crippen LogP contribution in [0.2, 0.25) is 0 Å². The summed E-state index contributed by atoms with van der Waals surface area (Å²) in [4.78, 5) is 2.40. The lowest BCUT2D eigenvalue weighted by Gasteiger charge is -2.30. The zero-order valence-corrected chi connectivity index (χ0v) is 6.77. The van der Waals surface area contributed by atoms with E-state index >= 15 is 0 Å². The predicted molar refractivity (Wildman–Crippen MR) is 43.9 cm³/mol. The van der Waals surface area contributed by atoms with Gasteiger partial charge in [0.2, 0.25) is 0 Å². The molecule has 1 N–H and O–H groups in total. The van der Waals surface area contributed by atoms with E-state index in [2.05, 4.69) is 17.1 Å². The quantitative estimate of drug-likeness (QED) is 0.602. The number of piperidine rings is 1. The predicted octanol–water partition coefficient (Wildman–Crippen LogP) is 0.504. The van der Waals surface area contributed by atoms with Gasteiger partial charge >= 0.3 is 0 Å². The molecule has 1 fully saturated rings. The minimum absolute atomic E-state index is 0.753. The van der Waals surface area contributed by atoms with Crippen LogP contribution in [0.1, 0.15) is 12.8 Å². The van der Waals surface area contributed by atoms with Crippen molar-refractivity contribution in [2.75, 3.05) is 26.7 Å². The molecule has 0 aromatic carbocycles. The molecular formula is C8H17N2. The standard InChI is InChI=1S/C8H17N2/c1-3-10-6-4-8(9-2)5-7-10/h8-9H,1,3-7H2,2H3. The Morgan fingerprint density at radius 2 is 2.10 bits per heavy atom. The van der Waals surface area contributed by atoms with Crippen molar-refractivity contribution >= 4 is 0 Å². The first kappa shape index (κ1) is 8.02. The Hall–Kier alpha value is -0.0800. The number of nitrogens with zero attached hydrogens (tertiary/aromatic N) is 1. The van der Waals surface area contributed by atoms with Crippen molar-refractivity contribution in [1.82, 2.24) is 10.2 Å². The van der Waals surface area contributed by atoms with Crippen LogP contribution in [-0.2, 0) is 0 Å². The molecule has 0 aromatic rings. The number of hydrogen-bond acceptors (Lipinski definition) is 2. The van der Waals surface area contributed by atoms with Gasteiger partial charge in [-0.3, -0.25) is 0 Å². The molecule has 0 saturated carbocycles. The van der Waals surface area contributed by atoms with Gasteiger partial charge < -0.3 is 10.2 Å². The van der Waals surface area contributed by atoms with Crippen molar-refractivity contribution in [1.29, 1.82) is 0 Å². The molecule has 0 aliphatic carbocycles. The van der Waals surface area contributed by atoms with Gasteiger partial charge in [0.25, 0.3) is 0 Å². The fourth-order valence-electron chi connectivity index (χ4n) is 1.45. The highest BCUT2D eigenvalue weighted by atomic mass is 15.1. The number of hydrogen-bond donors (Lipinski definition) is 1. The monoisotopic (exact) mass is 141 g/mol. The van der Waals surface area contributed by atoms with Gasteiger partial charge in [-0.15, -0.1) is 0 Å². The summed E-state index contributed by atoms with van der Waals surface area (Å²) >= 11 is 0. The first-order valence-corrected chi connectivity index (χ1v) is 4.05. The van der Waals surface area contributed by atoms with Gasteiger partial charge in [0.05, 0.1) is 0 Å². The van der Waals surface area contributed by atoms with Gasteiger partial charge in [0.1, 0.15) is 0 Å². The van der Waals surface area contributed by atoms with Crippen molar-refractivity contribution in [3.63, 3.8) is 0 Å². The third-order valence-corrected chi connectivity index (χ3v) is 2.31. The maximum absolute atomic E-state index is 3.87. The maximum Gasteiger partial charge on any atom is 0.00884 e. The first-order valence-electron chi connectivity index (χ1n) is 4.05. The Morgan fingerprint density at radius 3 is 2.50 bits per heavy atom. The molecule has 1 aliphatic heterocycles. The fraction of sp³-hybridized carbons (Fsp3) is 0.875. The third kappa shape index (κ3) is 1.96. The van der Waals surface area contributed by atoms with Crippen LogP contribution in [0, 0.1) is 6.92 Å². The highest BCUT2D eigenvalue weighted by Gasteiger charge is 2.15. The fourth-order valence-corrected chi connectivity index (χ4v) is 1.45. The topological polar surface area (TPSA) is 15.3 Å². The largest absolute Gasteiger partial charge is 0.317 e. The summed E-state index contributed by atoms with van der Waals surface area (Å²) in [6, 6.07) is 0.753. The van der Waals surface area contributed by atoms with E-state index in [1.807, 2.05) is 7.05 Å². The van der Waals surface area contributed by atoms with Crippen molar-refractivity contribution in [3.05, 3.63) is 6.92 Å². The van der Waals surface area contributed by atoms with Gasteiger partial charge in [-0.2, -0.15) is 0 Å². The molecule has 0 bridgehead atoms. The van der Waals surface area contributed by atoms with E-state index in [1.54, 1.807) is 0 Å². The van der Waals surface area contributed by atoms with Gasteiger partial charge in [0.15, 0.2) is 0 Å². The van der Waals surface area contributed by atoms with Crippen molar-refractivity contribution in [3.8, 4) is 0 Å². The summed E-state index contributed by atoms with van der Waals surface area (Å²) in [5.41, 5.74) is 0. The molecule has 0 spiro atoms. The molecule has 0 unspecified atom stereocenters. The van der Waals surface area contributed by atoms with E-state index in [4.69, 9.17) is 0 Å². The summed E-state index contributed by atoms with van der Waals surface area (Å²) in [6.07, 6.45) is 2.57. The molecular weight excluding hydrogens is 124 g/mol. The number of likely N-dealkylation sites (tertiary alicyclic amines) is 1. The third-order valence-electron chi connectivity index (χ3n) is 2.31. The molecule has 1 heterocycles. The second-order valence-electron chi connectivity index (χ2n) is 2.90. The lowest BCUT2D eigenvalue weighted by molar-refractivity contribution is 0.219. The van der Waals surface area contributed by atoms with E-state index in [9.17, 15) is 0 Å². The Kier molecular flexibility index (Phi) is 3.16. The molecule has 0 aromatic heterocycles. The second-order valence-corrected chi connectivity index (χ2v) is 2.90. The van der Waals surface area contributed by atoms with E-state index in [0.29, 0.717) is 0 Å². The van der Waals surface area contributed by atoms with Crippen molar-refractivity contribution in [2.24, 2.45) is 0 Å². The zero-order valence-electron chi connectivity index (χ0n) is 6.77. The number of rotatable bonds is 2. The van der Waals surface area contributed by atoms with Crippen LogP contribution in [-0.4, -0.2) is 37.6 Å². The van der Waals surface area contributed by atoms with Gasteiger partial charge in [-0.1, -0.05) is 0 Å². The molecule has 1 aliphatic rings. The van der Waals surface area contributed by atoms with Crippen LogP contribution in [0.3, 0.4) is 0 Å². The highest BCUT2D eigenvalue weighted by Crippen LogP contribution is 2.08. The molecule has 0 atom stereocenters. The molecule has 2 nitrogen and oxygen atoms in total. The summed E-state index contributed by atoms with van der Waals surface area (Å²) in [5.74, 6) is 0. The summed E-state index contributed by atoms with van der Waals surface area (Å²) in [6.45, 7) is 7.27. The van der Waals surface area contributed by atoms with Gasteiger partial charge in [0, 0.05) is 6.04 Å². The van der Waals surface area contributed by atoms with Gasteiger partial charge in [-0.25, -0.2) is 0 Å². The van der Waals surface area contributed by atoms with E-state index < -0.39 is 0 Å². The van der Waals surface area contributed by atoms with Crippen molar-refractivity contribution < 1.29 is 0 Å².